The molecule has 0 aromatic carbocycles. The largest absolute Gasteiger partial charge is 0.402 e. The molecule has 1 heterocycles. The topological polar surface area (TPSA) is 51.0 Å². The monoisotopic (exact) mass is 205 g/mol. The highest BCUT2D eigenvalue weighted by Crippen LogP contribution is 2.20. The van der Waals surface area contributed by atoms with Crippen LogP contribution in [0.3, 0.4) is 0 Å². The Kier molecular flexibility index (Phi) is 3.03. The van der Waals surface area contributed by atoms with Crippen LogP contribution < -0.4 is 5.32 Å². The Labute approximate surface area is 80.7 Å². The SMILES string of the molecule is CC(C)(C)CNc1nnc(C(F)F)o1. The Hall–Kier alpha value is -1.20. The Morgan fingerprint density at radius 2 is 2.00 bits per heavy atom. The molecule has 0 saturated carbocycles. The van der Waals surface area contributed by atoms with Crippen molar-refractivity contribution in [2.45, 2.75) is 27.2 Å². The van der Waals surface area contributed by atoms with Gasteiger partial charge in [0.1, 0.15) is 0 Å². The van der Waals surface area contributed by atoms with Gasteiger partial charge in [0.2, 0.25) is 0 Å². The number of rotatable bonds is 3. The van der Waals surface area contributed by atoms with Gasteiger partial charge in [-0.05, 0) is 5.41 Å². The Morgan fingerprint density at radius 3 is 2.43 bits per heavy atom. The predicted octanol–water partition coefficient (Wildman–Crippen LogP) is 2.47. The Balaban J connectivity index is 2.52. The molecule has 0 amide bonds. The van der Waals surface area contributed by atoms with Crippen molar-refractivity contribution >= 4 is 6.01 Å². The summed E-state index contributed by atoms with van der Waals surface area (Å²) in [4.78, 5) is 0. The first-order chi connectivity index (χ1) is 6.38. The van der Waals surface area contributed by atoms with Gasteiger partial charge < -0.3 is 9.73 Å². The molecule has 0 radical (unpaired) electrons. The number of aromatic nitrogens is 2. The first-order valence-electron chi connectivity index (χ1n) is 4.24. The van der Waals surface area contributed by atoms with Crippen LogP contribution in [0.15, 0.2) is 4.42 Å². The summed E-state index contributed by atoms with van der Waals surface area (Å²) >= 11 is 0. The van der Waals surface area contributed by atoms with Gasteiger partial charge in [0.25, 0.3) is 5.89 Å². The second kappa shape index (κ2) is 3.89. The lowest BCUT2D eigenvalue weighted by Gasteiger charge is -2.17. The standard InChI is InChI=1S/C8H13F2N3O/c1-8(2,3)4-11-7-13-12-6(14-7)5(9)10/h5H,4H2,1-3H3,(H,11,13). The van der Waals surface area contributed by atoms with E-state index in [1.165, 1.54) is 0 Å². The fourth-order valence-electron chi connectivity index (χ4n) is 0.735. The van der Waals surface area contributed by atoms with Gasteiger partial charge >= 0.3 is 12.4 Å². The molecule has 1 N–H and O–H groups in total. The minimum Gasteiger partial charge on any atom is -0.402 e. The zero-order valence-corrected chi connectivity index (χ0v) is 8.34. The van der Waals surface area contributed by atoms with Gasteiger partial charge in [0, 0.05) is 6.54 Å². The summed E-state index contributed by atoms with van der Waals surface area (Å²) in [5, 5.41) is 9.41. The Morgan fingerprint density at radius 1 is 1.36 bits per heavy atom. The van der Waals surface area contributed by atoms with Crippen molar-refractivity contribution in [2.24, 2.45) is 5.41 Å². The van der Waals surface area contributed by atoms with E-state index in [2.05, 4.69) is 19.9 Å². The van der Waals surface area contributed by atoms with E-state index in [1.807, 2.05) is 20.8 Å². The number of alkyl halides is 2. The van der Waals surface area contributed by atoms with E-state index in [1.54, 1.807) is 0 Å². The predicted molar refractivity (Wildman–Crippen MR) is 47.2 cm³/mol. The maximum absolute atomic E-state index is 12.0. The van der Waals surface area contributed by atoms with E-state index >= 15 is 0 Å². The van der Waals surface area contributed by atoms with Gasteiger partial charge in [-0.25, -0.2) is 0 Å². The Bertz CT molecular complexity index is 293. The lowest BCUT2D eigenvalue weighted by atomic mass is 9.97. The van der Waals surface area contributed by atoms with Crippen molar-refractivity contribution < 1.29 is 13.2 Å². The maximum atomic E-state index is 12.0. The second-order valence-electron chi connectivity index (χ2n) is 4.16. The van der Waals surface area contributed by atoms with Crippen molar-refractivity contribution in [1.82, 2.24) is 10.2 Å². The molecule has 1 aromatic rings. The lowest BCUT2D eigenvalue weighted by Crippen LogP contribution is -2.19. The van der Waals surface area contributed by atoms with Crippen LogP contribution in [-0.4, -0.2) is 16.7 Å². The van der Waals surface area contributed by atoms with E-state index in [0.717, 1.165) is 0 Å². The molecule has 0 spiro atoms. The highest BCUT2D eigenvalue weighted by molar-refractivity contribution is 5.17. The first kappa shape index (κ1) is 10.9. The molecule has 0 unspecified atom stereocenters. The molecule has 0 fully saturated rings. The molecule has 0 atom stereocenters. The van der Waals surface area contributed by atoms with Crippen molar-refractivity contribution in [1.29, 1.82) is 0 Å². The van der Waals surface area contributed by atoms with Gasteiger partial charge in [-0.1, -0.05) is 25.9 Å². The quantitative estimate of drug-likeness (QED) is 0.823. The van der Waals surface area contributed by atoms with E-state index in [0.29, 0.717) is 6.54 Å². The fraction of sp³-hybridized carbons (Fsp3) is 0.750. The average Bonchev–Trinajstić information content (AvgIpc) is 2.47. The number of anilines is 1. The van der Waals surface area contributed by atoms with E-state index in [9.17, 15) is 8.78 Å². The number of halogens is 2. The smallest absolute Gasteiger partial charge is 0.315 e. The number of nitrogens with zero attached hydrogens (tertiary/aromatic N) is 2. The molecule has 0 saturated heterocycles. The summed E-state index contributed by atoms with van der Waals surface area (Å²) < 4.78 is 28.7. The van der Waals surface area contributed by atoms with Gasteiger partial charge in [0.05, 0.1) is 0 Å². The zero-order chi connectivity index (χ0) is 10.8. The summed E-state index contributed by atoms with van der Waals surface area (Å²) in [7, 11) is 0. The van der Waals surface area contributed by atoms with Gasteiger partial charge in [-0.15, -0.1) is 5.10 Å². The molecule has 4 nitrogen and oxygen atoms in total. The zero-order valence-electron chi connectivity index (χ0n) is 8.34. The summed E-state index contributed by atoms with van der Waals surface area (Å²) in [5.74, 6) is -0.651. The molecule has 14 heavy (non-hydrogen) atoms. The molecule has 0 aliphatic heterocycles. The molecular weight excluding hydrogens is 192 g/mol. The van der Waals surface area contributed by atoms with Crippen LogP contribution in [0.5, 0.6) is 0 Å². The minimum absolute atomic E-state index is 0.0272. The highest BCUT2D eigenvalue weighted by atomic mass is 19.3. The highest BCUT2D eigenvalue weighted by Gasteiger charge is 2.17. The number of nitrogens with one attached hydrogen (secondary N) is 1. The van der Waals surface area contributed by atoms with Crippen LogP contribution >= 0.6 is 0 Å². The van der Waals surface area contributed by atoms with Crippen molar-refractivity contribution in [3.63, 3.8) is 0 Å². The third-order valence-electron chi connectivity index (χ3n) is 1.40. The summed E-state index contributed by atoms with van der Waals surface area (Å²) in [6, 6.07) is 0.0372. The molecule has 6 heteroatoms. The van der Waals surface area contributed by atoms with Gasteiger partial charge in [-0.3, -0.25) is 0 Å². The number of hydrogen-bond donors (Lipinski definition) is 1. The molecule has 1 rings (SSSR count). The normalized spacial score (nSPS) is 12.1. The fourth-order valence-corrected chi connectivity index (χ4v) is 0.735. The average molecular weight is 205 g/mol. The molecule has 80 valence electrons. The molecule has 1 aromatic heterocycles. The summed E-state index contributed by atoms with van der Waals surface area (Å²) in [5.41, 5.74) is 0.0272. The third kappa shape index (κ3) is 3.27. The molecule has 0 bridgehead atoms. The van der Waals surface area contributed by atoms with Crippen LogP contribution in [0.25, 0.3) is 0 Å². The van der Waals surface area contributed by atoms with Crippen LogP contribution in [0, 0.1) is 5.41 Å². The van der Waals surface area contributed by atoms with E-state index in [4.69, 9.17) is 0 Å². The minimum atomic E-state index is -2.72. The van der Waals surface area contributed by atoms with Crippen molar-refractivity contribution in [3.05, 3.63) is 5.89 Å². The second-order valence-corrected chi connectivity index (χ2v) is 4.16. The third-order valence-corrected chi connectivity index (χ3v) is 1.40. The lowest BCUT2D eigenvalue weighted by molar-refractivity contribution is 0.116. The van der Waals surface area contributed by atoms with Crippen LogP contribution in [0.2, 0.25) is 0 Å². The van der Waals surface area contributed by atoms with E-state index < -0.39 is 12.3 Å². The van der Waals surface area contributed by atoms with Crippen LogP contribution in [0.1, 0.15) is 33.1 Å². The number of hydrogen-bond acceptors (Lipinski definition) is 4. The van der Waals surface area contributed by atoms with Crippen molar-refractivity contribution in [2.75, 3.05) is 11.9 Å². The van der Waals surface area contributed by atoms with Crippen LogP contribution in [0.4, 0.5) is 14.8 Å². The first-order valence-corrected chi connectivity index (χ1v) is 4.24. The maximum Gasteiger partial charge on any atom is 0.315 e. The molecule has 0 aliphatic carbocycles. The summed E-state index contributed by atoms with van der Waals surface area (Å²) in [6.07, 6.45) is -2.72. The van der Waals surface area contributed by atoms with Gasteiger partial charge in [-0.2, -0.15) is 8.78 Å². The van der Waals surface area contributed by atoms with E-state index in [-0.39, 0.29) is 11.4 Å². The molecular formula is C8H13F2N3O. The summed E-state index contributed by atoms with van der Waals surface area (Å²) in [6.45, 7) is 6.59. The van der Waals surface area contributed by atoms with Crippen molar-refractivity contribution in [3.8, 4) is 0 Å². The molecule has 0 aliphatic rings. The van der Waals surface area contributed by atoms with Gasteiger partial charge in [0.15, 0.2) is 0 Å². The van der Waals surface area contributed by atoms with Crippen LogP contribution in [-0.2, 0) is 0 Å².